The SMILES string of the molecule is CC/C=C\C/C=C\C/C=C\CCCCCCCCCC(=O)OC(COC(=O)CCCCCCC/C=C\CCCC)COC(=O)CCCCCCCC/C=C\C/C=C\C/C=C\CCCCC. The van der Waals surface area contributed by atoms with Crippen LogP contribution in [0.1, 0.15) is 252 Å². The summed E-state index contributed by atoms with van der Waals surface area (Å²) in [4.78, 5) is 38.0. The van der Waals surface area contributed by atoms with Crippen LogP contribution >= 0.6 is 0 Å². The average Bonchev–Trinajstić information content (AvgIpc) is 3.30. The van der Waals surface area contributed by atoms with Gasteiger partial charge < -0.3 is 14.2 Å². The van der Waals surface area contributed by atoms with Gasteiger partial charge in [0.25, 0.3) is 0 Å². The number of unbranched alkanes of at least 4 members (excludes halogenated alkanes) is 23. The fourth-order valence-corrected chi connectivity index (χ4v) is 7.27. The molecule has 372 valence electrons. The van der Waals surface area contributed by atoms with Crippen LogP contribution in [-0.2, 0) is 28.6 Å². The van der Waals surface area contributed by atoms with E-state index in [0.29, 0.717) is 19.3 Å². The Labute approximate surface area is 401 Å². The topological polar surface area (TPSA) is 78.9 Å². The van der Waals surface area contributed by atoms with Gasteiger partial charge in [0.2, 0.25) is 0 Å². The molecule has 65 heavy (non-hydrogen) atoms. The summed E-state index contributed by atoms with van der Waals surface area (Å²) in [6.45, 7) is 6.44. The van der Waals surface area contributed by atoms with E-state index in [2.05, 4.69) is 106 Å². The number of carbonyl (C=O) groups is 3. The molecule has 0 aliphatic rings. The zero-order valence-corrected chi connectivity index (χ0v) is 42.5. The molecule has 0 N–H and O–H groups in total. The zero-order valence-electron chi connectivity index (χ0n) is 42.5. The van der Waals surface area contributed by atoms with E-state index < -0.39 is 6.10 Å². The van der Waals surface area contributed by atoms with Crippen molar-refractivity contribution in [2.45, 2.75) is 258 Å². The highest BCUT2D eigenvalue weighted by molar-refractivity contribution is 5.71. The second-order valence-electron chi connectivity index (χ2n) is 17.7. The Balaban J connectivity index is 4.40. The van der Waals surface area contributed by atoms with Gasteiger partial charge in [0.1, 0.15) is 13.2 Å². The molecule has 0 rings (SSSR count). The van der Waals surface area contributed by atoms with Gasteiger partial charge in [-0.25, -0.2) is 0 Å². The van der Waals surface area contributed by atoms with E-state index in [1.807, 2.05) is 0 Å². The van der Waals surface area contributed by atoms with E-state index in [0.717, 1.165) is 109 Å². The number of hydrogen-bond acceptors (Lipinski definition) is 6. The van der Waals surface area contributed by atoms with Crippen LogP contribution in [0.3, 0.4) is 0 Å². The molecule has 0 bridgehead atoms. The van der Waals surface area contributed by atoms with Gasteiger partial charge in [-0.15, -0.1) is 0 Å². The van der Waals surface area contributed by atoms with Gasteiger partial charge in [0.05, 0.1) is 0 Å². The van der Waals surface area contributed by atoms with Crippen molar-refractivity contribution in [3.05, 3.63) is 85.1 Å². The zero-order chi connectivity index (χ0) is 47.2. The van der Waals surface area contributed by atoms with Crippen LogP contribution in [0.5, 0.6) is 0 Å². The summed E-state index contributed by atoms with van der Waals surface area (Å²) in [6.07, 6.45) is 68.5. The van der Waals surface area contributed by atoms with Crippen LogP contribution in [-0.4, -0.2) is 37.2 Å². The summed E-state index contributed by atoms with van der Waals surface area (Å²) in [6, 6.07) is 0. The standard InChI is InChI=1S/C59H100O6/c1-4-7-10-13-16-19-22-24-26-28-29-31-32-34-37-40-43-46-49-52-58(61)64-55-56(54-63-57(60)51-48-45-42-39-36-21-18-15-12-9-6-3)65-59(62)53-50-47-44-41-38-35-33-30-27-25-23-20-17-14-11-8-5-2/h8,11,15-20,24-27,29,31,56H,4-7,9-10,12-14,21-23,28,30,32-55H2,1-3H3/b11-8-,18-15-,19-16-,20-17-,26-24-,27-25-,31-29-. The predicted molar refractivity (Wildman–Crippen MR) is 279 cm³/mol. The Morgan fingerprint density at radius 2 is 0.615 bits per heavy atom. The Bertz CT molecular complexity index is 1270. The van der Waals surface area contributed by atoms with Gasteiger partial charge in [-0.05, 0) is 109 Å². The Kier molecular flexibility index (Phi) is 50.4. The predicted octanol–water partition coefficient (Wildman–Crippen LogP) is 18.0. The molecule has 0 saturated heterocycles. The first kappa shape index (κ1) is 61.6. The van der Waals surface area contributed by atoms with E-state index >= 15 is 0 Å². The second-order valence-corrected chi connectivity index (χ2v) is 17.7. The van der Waals surface area contributed by atoms with Gasteiger partial charge in [0.15, 0.2) is 6.10 Å². The maximum Gasteiger partial charge on any atom is 0.306 e. The van der Waals surface area contributed by atoms with Crippen LogP contribution in [0.4, 0.5) is 0 Å². The number of hydrogen-bond donors (Lipinski definition) is 0. The van der Waals surface area contributed by atoms with Crippen molar-refractivity contribution in [2.75, 3.05) is 13.2 Å². The summed E-state index contributed by atoms with van der Waals surface area (Å²) < 4.78 is 16.8. The normalized spacial score (nSPS) is 12.7. The van der Waals surface area contributed by atoms with Gasteiger partial charge in [-0.2, -0.15) is 0 Å². The third-order valence-electron chi connectivity index (χ3n) is 11.4. The van der Waals surface area contributed by atoms with Crippen molar-refractivity contribution in [1.82, 2.24) is 0 Å². The Morgan fingerprint density at radius 3 is 1.00 bits per heavy atom. The maximum absolute atomic E-state index is 12.8. The largest absolute Gasteiger partial charge is 0.462 e. The third-order valence-corrected chi connectivity index (χ3v) is 11.4. The summed E-state index contributed by atoms with van der Waals surface area (Å²) in [7, 11) is 0. The quantitative estimate of drug-likeness (QED) is 0.0262. The van der Waals surface area contributed by atoms with Crippen molar-refractivity contribution in [1.29, 1.82) is 0 Å². The molecule has 1 atom stereocenters. The molecule has 0 radical (unpaired) electrons. The molecule has 0 spiro atoms. The summed E-state index contributed by atoms with van der Waals surface area (Å²) in [5.74, 6) is -0.920. The van der Waals surface area contributed by atoms with Gasteiger partial charge in [-0.3, -0.25) is 14.4 Å². The number of rotatable bonds is 48. The van der Waals surface area contributed by atoms with Crippen molar-refractivity contribution >= 4 is 17.9 Å². The lowest BCUT2D eigenvalue weighted by molar-refractivity contribution is -0.167. The number of allylic oxidation sites excluding steroid dienone is 14. The van der Waals surface area contributed by atoms with Gasteiger partial charge in [0, 0.05) is 19.3 Å². The van der Waals surface area contributed by atoms with E-state index in [1.54, 1.807) is 0 Å². The highest BCUT2D eigenvalue weighted by Crippen LogP contribution is 2.14. The molecule has 0 aromatic carbocycles. The molecule has 1 unspecified atom stereocenters. The van der Waals surface area contributed by atoms with E-state index in [4.69, 9.17) is 14.2 Å². The minimum atomic E-state index is -0.791. The van der Waals surface area contributed by atoms with Crippen LogP contribution in [0.15, 0.2) is 85.1 Å². The third kappa shape index (κ3) is 51.4. The number of ether oxygens (including phenoxy) is 3. The first-order chi connectivity index (χ1) is 32.0. The molecule has 0 heterocycles. The molecule has 0 aromatic rings. The Morgan fingerprint density at radius 1 is 0.323 bits per heavy atom. The van der Waals surface area contributed by atoms with Crippen molar-refractivity contribution in [3.8, 4) is 0 Å². The minimum absolute atomic E-state index is 0.0898. The number of carbonyl (C=O) groups excluding carboxylic acids is 3. The number of esters is 3. The molecule has 0 aliphatic carbocycles. The first-order valence-corrected chi connectivity index (χ1v) is 27.1. The van der Waals surface area contributed by atoms with Crippen molar-refractivity contribution in [3.63, 3.8) is 0 Å². The molecule has 6 heteroatoms. The molecule has 0 fully saturated rings. The van der Waals surface area contributed by atoms with Crippen LogP contribution in [0.25, 0.3) is 0 Å². The summed E-state index contributed by atoms with van der Waals surface area (Å²) in [5.41, 5.74) is 0. The van der Waals surface area contributed by atoms with Crippen LogP contribution in [0, 0.1) is 0 Å². The molecule has 0 amide bonds. The van der Waals surface area contributed by atoms with Gasteiger partial charge in [-0.1, -0.05) is 209 Å². The lowest BCUT2D eigenvalue weighted by atomic mass is 10.1. The molecular formula is C59H100O6. The monoisotopic (exact) mass is 905 g/mol. The van der Waals surface area contributed by atoms with Gasteiger partial charge >= 0.3 is 17.9 Å². The molecular weight excluding hydrogens is 805 g/mol. The fourth-order valence-electron chi connectivity index (χ4n) is 7.27. The summed E-state index contributed by atoms with van der Waals surface area (Å²) in [5, 5.41) is 0. The fraction of sp³-hybridized carbons (Fsp3) is 0.712. The lowest BCUT2D eigenvalue weighted by Crippen LogP contribution is -2.30. The van der Waals surface area contributed by atoms with Crippen molar-refractivity contribution in [2.24, 2.45) is 0 Å². The van der Waals surface area contributed by atoms with E-state index in [9.17, 15) is 14.4 Å². The highest BCUT2D eigenvalue weighted by Gasteiger charge is 2.19. The minimum Gasteiger partial charge on any atom is -0.462 e. The average molecular weight is 905 g/mol. The Hall–Kier alpha value is -3.41. The maximum atomic E-state index is 12.8. The smallest absolute Gasteiger partial charge is 0.306 e. The summed E-state index contributed by atoms with van der Waals surface area (Å²) >= 11 is 0. The van der Waals surface area contributed by atoms with Crippen LogP contribution < -0.4 is 0 Å². The molecule has 0 aromatic heterocycles. The van der Waals surface area contributed by atoms with Crippen molar-refractivity contribution < 1.29 is 28.6 Å². The molecule has 0 aliphatic heterocycles. The second kappa shape index (κ2) is 53.2. The van der Waals surface area contributed by atoms with E-state index in [-0.39, 0.29) is 31.1 Å². The molecule has 0 saturated carbocycles. The molecule has 6 nitrogen and oxygen atoms in total. The lowest BCUT2D eigenvalue weighted by Gasteiger charge is -2.18. The highest BCUT2D eigenvalue weighted by atomic mass is 16.6. The first-order valence-electron chi connectivity index (χ1n) is 27.1. The van der Waals surface area contributed by atoms with Crippen LogP contribution in [0.2, 0.25) is 0 Å². The van der Waals surface area contributed by atoms with E-state index in [1.165, 1.54) is 103 Å².